The van der Waals surface area contributed by atoms with Crippen LogP contribution < -0.4 is 14.4 Å². The molecule has 1 unspecified atom stereocenters. The highest BCUT2D eigenvalue weighted by Gasteiger charge is 2.24. The molecule has 2 aromatic rings. The summed E-state index contributed by atoms with van der Waals surface area (Å²) in [5.74, 6) is 2.38. The fourth-order valence-corrected chi connectivity index (χ4v) is 2.81. The van der Waals surface area contributed by atoms with Gasteiger partial charge in [-0.25, -0.2) is 14.4 Å². The fourth-order valence-electron chi connectivity index (χ4n) is 2.81. The van der Waals surface area contributed by atoms with E-state index in [-0.39, 0.29) is 5.92 Å². The molecule has 122 valence electrons. The number of para-hydroxylation sites is 1. The van der Waals surface area contributed by atoms with Gasteiger partial charge in [-0.15, -0.1) is 0 Å². The molecule has 2 heterocycles. The zero-order valence-electron chi connectivity index (χ0n) is 13.5. The molecule has 0 saturated carbocycles. The molecule has 1 aromatic heterocycles. The van der Waals surface area contributed by atoms with Crippen LogP contribution in [-0.4, -0.2) is 37.8 Å². The van der Waals surface area contributed by atoms with E-state index in [0.717, 1.165) is 23.5 Å². The number of halogens is 1. The van der Waals surface area contributed by atoms with Crippen molar-refractivity contribution in [1.29, 1.82) is 0 Å². The van der Waals surface area contributed by atoms with Crippen LogP contribution in [0.15, 0.2) is 24.4 Å². The molecule has 1 aromatic carbocycles. The molecular weight excluding hydrogens is 297 g/mol. The fraction of sp³-hybridized carbons (Fsp3) is 0.412. The Morgan fingerprint density at radius 2 is 2.22 bits per heavy atom. The highest BCUT2D eigenvalue weighted by molar-refractivity contribution is 5.47. The Morgan fingerprint density at radius 3 is 2.96 bits per heavy atom. The number of fused-ring (bicyclic) bond motifs is 1. The molecule has 0 N–H and O–H groups in total. The number of ether oxygens (including phenoxy) is 2. The van der Waals surface area contributed by atoms with Gasteiger partial charge in [-0.1, -0.05) is 12.1 Å². The van der Waals surface area contributed by atoms with Crippen LogP contribution in [-0.2, 0) is 12.8 Å². The monoisotopic (exact) mass is 317 g/mol. The Hall–Kier alpha value is -2.37. The van der Waals surface area contributed by atoms with Crippen molar-refractivity contribution in [1.82, 2.24) is 9.97 Å². The van der Waals surface area contributed by atoms with Gasteiger partial charge in [0.2, 0.25) is 0 Å². The van der Waals surface area contributed by atoms with Crippen molar-refractivity contribution in [3.8, 4) is 11.5 Å². The van der Waals surface area contributed by atoms with Crippen molar-refractivity contribution in [2.75, 3.05) is 32.7 Å². The van der Waals surface area contributed by atoms with Crippen molar-refractivity contribution in [2.45, 2.75) is 12.8 Å². The number of benzene rings is 1. The van der Waals surface area contributed by atoms with Gasteiger partial charge >= 0.3 is 0 Å². The standard InChI is InChI=1S/C17H20FN3O2/c1-21(2)17-13(18)9-19-15(20-17)8-11-7-12-5-4-6-14(22-3)16(12)23-10-11/h4-6,9,11H,7-8,10H2,1-3H3. The van der Waals surface area contributed by atoms with Gasteiger partial charge in [0.25, 0.3) is 0 Å². The zero-order chi connectivity index (χ0) is 16.4. The molecule has 1 atom stereocenters. The number of hydrogen-bond donors (Lipinski definition) is 0. The SMILES string of the molecule is COc1cccc2c1OCC(Cc1ncc(F)c(N(C)C)n1)C2. The van der Waals surface area contributed by atoms with E-state index in [9.17, 15) is 4.39 Å². The van der Waals surface area contributed by atoms with E-state index in [1.54, 1.807) is 26.1 Å². The van der Waals surface area contributed by atoms with E-state index in [1.165, 1.54) is 6.20 Å². The third-order valence-electron chi connectivity index (χ3n) is 3.92. The van der Waals surface area contributed by atoms with Crippen molar-refractivity contribution >= 4 is 5.82 Å². The van der Waals surface area contributed by atoms with E-state index in [4.69, 9.17) is 9.47 Å². The Labute approximate surface area is 135 Å². The first kappa shape index (κ1) is 15.5. The predicted molar refractivity (Wildman–Crippen MR) is 85.7 cm³/mol. The molecule has 0 spiro atoms. The largest absolute Gasteiger partial charge is 0.493 e. The summed E-state index contributed by atoms with van der Waals surface area (Å²) in [7, 11) is 5.17. The van der Waals surface area contributed by atoms with Crippen LogP contribution in [0.1, 0.15) is 11.4 Å². The predicted octanol–water partition coefficient (Wildman–Crippen LogP) is 2.48. The molecule has 6 heteroatoms. The average Bonchev–Trinajstić information content (AvgIpc) is 2.55. The van der Waals surface area contributed by atoms with Crippen LogP contribution in [0.4, 0.5) is 10.2 Å². The third-order valence-corrected chi connectivity index (χ3v) is 3.92. The molecule has 1 aliphatic rings. The molecule has 5 nitrogen and oxygen atoms in total. The van der Waals surface area contributed by atoms with Gasteiger partial charge in [-0.3, -0.25) is 0 Å². The minimum atomic E-state index is -0.409. The summed E-state index contributed by atoms with van der Waals surface area (Å²) >= 11 is 0. The molecular formula is C17H20FN3O2. The van der Waals surface area contributed by atoms with Crippen molar-refractivity contribution in [2.24, 2.45) is 5.92 Å². The van der Waals surface area contributed by atoms with E-state index >= 15 is 0 Å². The number of aromatic nitrogens is 2. The summed E-state index contributed by atoms with van der Waals surface area (Å²) in [6.45, 7) is 0.575. The number of methoxy groups -OCH3 is 1. The molecule has 3 rings (SSSR count). The second-order valence-electron chi connectivity index (χ2n) is 5.89. The number of rotatable bonds is 4. The minimum Gasteiger partial charge on any atom is -0.493 e. The Morgan fingerprint density at radius 1 is 1.39 bits per heavy atom. The summed E-state index contributed by atoms with van der Waals surface area (Å²) in [4.78, 5) is 10.1. The summed E-state index contributed by atoms with van der Waals surface area (Å²) in [5, 5.41) is 0. The molecule has 0 fully saturated rings. The van der Waals surface area contributed by atoms with Crippen LogP contribution in [0.2, 0.25) is 0 Å². The maximum Gasteiger partial charge on any atom is 0.183 e. The summed E-state index contributed by atoms with van der Waals surface area (Å²) < 4.78 is 24.9. The van der Waals surface area contributed by atoms with Crippen molar-refractivity contribution in [3.05, 3.63) is 41.6 Å². The van der Waals surface area contributed by atoms with E-state index < -0.39 is 5.82 Å². The summed E-state index contributed by atoms with van der Waals surface area (Å²) in [6, 6.07) is 5.90. The first-order chi connectivity index (χ1) is 11.1. The first-order valence-electron chi connectivity index (χ1n) is 7.56. The van der Waals surface area contributed by atoms with E-state index in [1.807, 2.05) is 18.2 Å². The van der Waals surface area contributed by atoms with Crippen molar-refractivity contribution < 1.29 is 13.9 Å². The van der Waals surface area contributed by atoms with Gasteiger partial charge in [0, 0.05) is 26.4 Å². The minimum absolute atomic E-state index is 0.259. The molecule has 0 aliphatic carbocycles. The molecule has 0 amide bonds. The normalized spacial score (nSPS) is 16.4. The first-order valence-corrected chi connectivity index (χ1v) is 7.56. The van der Waals surface area contributed by atoms with E-state index in [0.29, 0.717) is 24.7 Å². The molecule has 23 heavy (non-hydrogen) atoms. The second-order valence-corrected chi connectivity index (χ2v) is 5.89. The highest BCUT2D eigenvalue weighted by atomic mass is 19.1. The molecule has 0 bridgehead atoms. The molecule has 0 saturated heterocycles. The molecule has 1 aliphatic heterocycles. The van der Waals surface area contributed by atoms with Gasteiger partial charge in [-0.05, 0) is 18.1 Å². The lowest BCUT2D eigenvalue weighted by Crippen LogP contribution is -2.24. The van der Waals surface area contributed by atoms with Crippen LogP contribution in [0.3, 0.4) is 0 Å². The maximum absolute atomic E-state index is 13.7. The lowest BCUT2D eigenvalue weighted by molar-refractivity contribution is 0.209. The smallest absolute Gasteiger partial charge is 0.183 e. The topological polar surface area (TPSA) is 47.5 Å². The second kappa shape index (κ2) is 6.40. The van der Waals surface area contributed by atoms with Crippen LogP contribution >= 0.6 is 0 Å². The average molecular weight is 317 g/mol. The van der Waals surface area contributed by atoms with Crippen molar-refractivity contribution in [3.63, 3.8) is 0 Å². The van der Waals surface area contributed by atoms with Crippen LogP contribution in [0.5, 0.6) is 11.5 Å². The summed E-state index contributed by atoms with van der Waals surface area (Å²) in [5.41, 5.74) is 1.12. The van der Waals surface area contributed by atoms with Gasteiger partial charge in [-0.2, -0.15) is 0 Å². The number of nitrogens with zero attached hydrogens (tertiary/aromatic N) is 3. The molecule has 0 radical (unpaired) electrons. The van der Waals surface area contributed by atoms with Gasteiger partial charge in [0.15, 0.2) is 23.1 Å². The quantitative estimate of drug-likeness (QED) is 0.867. The van der Waals surface area contributed by atoms with E-state index in [2.05, 4.69) is 9.97 Å². The Kier molecular flexibility index (Phi) is 4.32. The van der Waals surface area contributed by atoms with Gasteiger partial charge in [0.1, 0.15) is 5.82 Å². The number of hydrogen-bond acceptors (Lipinski definition) is 5. The van der Waals surface area contributed by atoms with Crippen LogP contribution in [0.25, 0.3) is 0 Å². The van der Waals surface area contributed by atoms with Crippen LogP contribution in [0, 0.1) is 11.7 Å². The summed E-state index contributed by atoms with van der Waals surface area (Å²) in [6.07, 6.45) is 2.75. The van der Waals surface area contributed by atoms with Gasteiger partial charge in [0.05, 0.1) is 19.9 Å². The lowest BCUT2D eigenvalue weighted by Gasteiger charge is -2.26. The Bertz CT molecular complexity index is 706. The Balaban J connectivity index is 1.76. The van der Waals surface area contributed by atoms with Gasteiger partial charge < -0.3 is 14.4 Å². The number of anilines is 1. The highest BCUT2D eigenvalue weighted by Crippen LogP contribution is 2.36. The third kappa shape index (κ3) is 3.21. The zero-order valence-corrected chi connectivity index (χ0v) is 13.5. The lowest BCUT2D eigenvalue weighted by atomic mass is 9.93. The maximum atomic E-state index is 13.7.